The van der Waals surface area contributed by atoms with Crippen molar-refractivity contribution in [2.24, 2.45) is 0 Å². The van der Waals surface area contributed by atoms with Crippen LogP contribution >= 0.6 is 23.2 Å². The van der Waals surface area contributed by atoms with Crippen molar-refractivity contribution >= 4 is 34.8 Å². The maximum Gasteiger partial charge on any atom is 0.251 e. The average molecular weight is 327 g/mol. The van der Waals surface area contributed by atoms with Gasteiger partial charge in [0.2, 0.25) is 0 Å². The molecule has 21 heavy (non-hydrogen) atoms. The summed E-state index contributed by atoms with van der Waals surface area (Å²) in [5.41, 5.74) is 6.38. The van der Waals surface area contributed by atoms with Gasteiger partial charge < -0.3 is 11.1 Å². The highest BCUT2D eigenvalue weighted by Gasteiger charge is 2.13. The van der Waals surface area contributed by atoms with Crippen molar-refractivity contribution in [3.63, 3.8) is 0 Å². The van der Waals surface area contributed by atoms with Gasteiger partial charge in [0, 0.05) is 5.56 Å². The molecule has 3 N–H and O–H groups in total. The van der Waals surface area contributed by atoms with Crippen LogP contribution in [-0.2, 0) is 0 Å². The number of rotatable bonds is 3. The minimum absolute atomic E-state index is 0.00378. The molecule has 2 aromatic carbocycles. The minimum atomic E-state index is -0.621. The van der Waals surface area contributed by atoms with E-state index >= 15 is 0 Å². The molecule has 1 unspecified atom stereocenters. The molecule has 2 rings (SSSR count). The summed E-state index contributed by atoms with van der Waals surface area (Å²) < 4.78 is 13.4. The average Bonchev–Trinajstić information content (AvgIpc) is 2.44. The first-order valence-corrected chi connectivity index (χ1v) is 6.95. The van der Waals surface area contributed by atoms with Gasteiger partial charge >= 0.3 is 0 Å². The summed E-state index contributed by atoms with van der Waals surface area (Å²) in [5.74, 6) is -1.02. The van der Waals surface area contributed by atoms with Crippen LogP contribution in [-0.4, -0.2) is 5.91 Å². The summed E-state index contributed by atoms with van der Waals surface area (Å²) in [4.78, 5) is 12.1. The van der Waals surface area contributed by atoms with Gasteiger partial charge in [-0.05, 0) is 42.8 Å². The second kappa shape index (κ2) is 6.33. The molecule has 110 valence electrons. The van der Waals surface area contributed by atoms with Crippen molar-refractivity contribution in [3.05, 3.63) is 63.4 Å². The van der Waals surface area contributed by atoms with E-state index in [0.29, 0.717) is 10.0 Å². The highest BCUT2D eigenvalue weighted by molar-refractivity contribution is 6.42. The highest BCUT2D eigenvalue weighted by atomic mass is 35.5. The molecule has 1 amide bonds. The number of carbonyl (C=O) groups is 1. The predicted octanol–water partition coefficient (Wildman–Crippen LogP) is 4.21. The maximum atomic E-state index is 13.4. The molecule has 0 aromatic heterocycles. The molecule has 0 fully saturated rings. The zero-order chi connectivity index (χ0) is 15.6. The molecular weight excluding hydrogens is 314 g/mol. The van der Waals surface area contributed by atoms with Crippen molar-refractivity contribution in [2.75, 3.05) is 5.73 Å². The van der Waals surface area contributed by atoms with Crippen LogP contribution in [0.15, 0.2) is 36.4 Å². The van der Waals surface area contributed by atoms with E-state index < -0.39 is 11.7 Å². The summed E-state index contributed by atoms with van der Waals surface area (Å²) >= 11 is 11.8. The van der Waals surface area contributed by atoms with Gasteiger partial charge in [-0.15, -0.1) is 0 Å². The fraction of sp³-hybridized carbons (Fsp3) is 0.133. The van der Waals surface area contributed by atoms with Crippen LogP contribution in [0.2, 0.25) is 10.0 Å². The number of halogens is 3. The Kier molecular flexibility index (Phi) is 4.70. The lowest BCUT2D eigenvalue weighted by molar-refractivity contribution is 0.0939. The van der Waals surface area contributed by atoms with Gasteiger partial charge in [0.25, 0.3) is 5.91 Å². The lowest BCUT2D eigenvalue weighted by Gasteiger charge is -2.15. The second-order valence-electron chi connectivity index (χ2n) is 4.60. The smallest absolute Gasteiger partial charge is 0.251 e. The molecule has 0 aliphatic carbocycles. The Bertz CT molecular complexity index is 691. The van der Waals surface area contributed by atoms with Crippen molar-refractivity contribution in [3.8, 4) is 0 Å². The number of hydrogen-bond donors (Lipinski definition) is 2. The van der Waals surface area contributed by atoms with E-state index in [1.807, 2.05) is 0 Å². The molecule has 0 saturated carbocycles. The maximum absolute atomic E-state index is 13.4. The standard InChI is InChI=1S/C15H13Cl2FN2O/c1-8(9-2-4-11(16)12(17)6-9)20-15(21)10-3-5-14(19)13(18)7-10/h2-8H,19H2,1H3,(H,20,21). The lowest BCUT2D eigenvalue weighted by Crippen LogP contribution is -2.26. The Balaban J connectivity index is 2.14. The number of nitrogens with one attached hydrogen (secondary N) is 1. The minimum Gasteiger partial charge on any atom is -0.396 e. The van der Waals surface area contributed by atoms with Crippen molar-refractivity contribution < 1.29 is 9.18 Å². The summed E-state index contributed by atoms with van der Waals surface area (Å²) in [7, 11) is 0. The van der Waals surface area contributed by atoms with E-state index in [0.717, 1.165) is 11.6 Å². The first kappa shape index (κ1) is 15.6. The van der Waals surface area contributed by atoms with E-state index in [9.17, 15) is 9.18 Å². The molecule has 0 aliphatic rings. The van der Waals surface area contributed by atoms with Crippen LogP contribution in [0, 0.1) is 5.82 Å². The van der Waals surface area contributed by atoms with Gasteiger partial charge in [0.1, 0.15) is 5.82 Å². The summed E-state index contributed by atoms with van der Waals surface area (Å²) in [6.07, 6.45) is 0. The Morgan fingerprint density at radius 2 is 1.90 bits per heavy atom. The van der Waals surface area contributed by atoms with Crippen LogP contribution in [0.3, 0.4) is 0 Å². The number of anilines is 1. The van der Waals surface area contributed by atoms with Gasteiger partial charge in [-0.25, -0.2) is 4.39 Å². The molecule has 1 atom stereocenters. The van der Waals surface area contributed by atoms with E-state index in [-0.39, 0.29) is 17.3 Å². The third-order valence-corrected chi connectivity index (χ3v) is 3.79. The summed E-state index contributed by atoms with van der Waals surface area (Å²) in [6, 6.07) is 8.73. The first-order chi connectivity index (χ1) is 9.88. The monoisotopic (exact) mass is 326 g/mol. The Hall–Kier alpha value is -1.78. The fourth-order valence-corrected chi connectivity index (χ4v) is 2.12. The van der Waals surface area contributed by atoms with Crippen LogP contribution in [0.25, 0.3) is 0 Å². The van der Waals surface area contributed by atoms with E-state index in [2.05, 4.69) is 5.32 Å². The SMILES string of the molecule is CC(NC(=O)c1ccc(N)c(F)c1)c1ccc(Cl)c(Cl)c1. The molecular formula is C15H13Cl2FN2O. The molecule has 0 heterocycles. The van der Waals surface area contributed by atoms with Crippen LogP contribution in [0.5, 0.6) is 0 Å². The predicted molar refractivity (Wildman–Crippen MR) is 83.2 cm³/mol. The lowest BCUT2D eigenvalue weighted by atomic mass is 10.1. The zero-order valence-electron chi connectivity index (χ0n) is 11.2. The van der Waals surface area contributed by atoms with E-state index in [1.54, 1.807) is 25.1 Å². The molecule has 0 spiro atoms. The molecule has 2 aromatic rings. The number of amides is 1. The second-order valence-corrected chi connectivity index (χ2v) is 5.42. The summed E-state index contributed by atoms with van der Waals surface area (Å²) in [6.45, 7) is 1.80. The van der Waals surface area contributed by atoms with Crippen molar-refractivity contribution in [1.29, 1.82) is 0 Å². The highest BCUT2D eigenvalue weighted by Crippen LogP contribution is 2.25. The molecule has 3 nitrogen and oxygen atoms in total. The van der Waals surface area contributed by atoms with Crippen LogP contribution in [0.1, 0.15) is 28.9 Å². The molecule has 0 saturated heterocycles. The van der Waals surface area contributed by atoms with Crippen LogP contribution in [0.4, 0.5) is 10.1 Å². The molecule has 6 heteroatoms. The summed E-state index contributed by atoms with van der Waals surface area (Å²) in [5, 5.41) is 3.61. The zero-order valence-corrected chi connectivity index (χ0v) is 12.7. The van der Waals surface area contributed by atoms with Gasteiger partial charge in [-0.2, -0.15) is 0 Å². The molecule has 0 radical (unpaired) electrons. The third kappa shape index (κ3) is 3.65. The van der Waals surface area contributed by atoms with E-state index in [4.69, 9.17) is 28.9 Å². The van der Waals surface area contributed by atoms with Gasteiger partial charge in [-0.1, -0.05) is 29.3 Å². The number of benzene rings is 2. The Morgan fingerprint density at radius 3 is 2.52 bits per heavy atom. The van der Waals surface area contributed by atoms with Crippen LogP contribution < -0.4 is 11.1 Å². The quantitative estimate of drug-likeness (QED) is 0.830. The third-order valence-electron chi connectivity index (χ3n) is 3.05. The Labute approximate surface area is 131 Å². The largest absolute Gasteiger partial charge is 0.396 e. The topological polar surface area (TPSA) is 55.1 Å². The first-order valence-electron chi connectivity index (χ1n) is 6.19. The fourth-order valence-electron chi connectivity index (χ4n) is 1.81. The van der Waals surface area contributed by atoms with Crippen molar-refractivity contribution in [1.82, 2.24) is 5.32 Å². The van der Waals surface area contributed by atoms with Gasteiger partial charge in [0.05, 0.1) is 21.8 Å². The normalized spacial score (nSPS) is 12.0. The number of carbonyl (C=O) groups excluding carboxylic acids is 1. The molecule has 0 aliphatic heterocycles. The van der Waals surface area contributed by atoms with Crippen molar-refractivity contribution in [2.45, 2.75) is 13.0 Å². The van der Waals surface area contributed by atoms with Gasteiger partial charge in [-0.3, -0.25) is 4.79 Å². The number of nitrogen functional groups attached to an aromatic ring is 1. The Morgan fingerprint density at radius 1 is 1.19 bits per heavy atom. The number of nitrogens with two attached hydrogens (primary N) is 1. The molecule has 0 bridgehead atoms. The van der Waals surface area contributed by atoms with E-state index in [1.165, 1.54) is 12.1 Å². The van der Waals surface area contributed by atoms with Gasteiger partial charge in [0.15, 0.2) is 0 Å². The number of hydrogen-bond acceptors (Lipinski definition) is 2.